The zero-order valence-electron chi connectivity index (χ0n) is 11.6. The molecular formula is C16H17ClN2S2. The lowest BCUT2D eigenvalue weighted by molar-refractivity contribution is 0.417. The summed E-state index contributed by atoms with van der Waals surface area (Å²) in [6.07, 6.45) is 4.72. The molecular weight excluding hydrogens is 320 g/mol. The lowest BCUT2D eigenvalue weighted by atomic mass is 9.96. The summed E-state index contributed by atoms with van der Waals surface area (Å²) >= 11 is 13.5. The Labute approximate surface area is 139 Å². The zero-order valence-corrected chi connectivity index (χ0v) is 14.0. The van der Waals surface area contributed by atoms with Gasteiger partial charge in [-0.15, -0.1) is 11.3 Å². The van der Waals surface area contributed by atoms with Gasteiger partial charge in [0.2, 0.25) is 0 Å². The van der Waals surface area contributed by atoms with Crippen molar-refractivity contribution < 1.29 is 0 Å². The fourth-order valence-corrected chi connectivity index (χ4v) is 4.33. The molecule has 1 fully saturated rings. The van der Waals surface area contributed by atoms with Crippen LogP contribution in [0.3, 0.4) is 0 Å². The molecule has 1 aliphatic rings. The third-order valence-corrected chi connectivity index (χ3v) is 5.53. The maximum atomic E-state index is 6.17. The Morgan fingerprint density at radius 1 is 1.14 bits per heavy atom. The Hall–Kier alpha value is -1.10. The molecule has 0 aliphatic heterocycles. The highest BCUT2D eigenvalue weighted by Crippen LogP contribution is 2.40. The van der Waals surface area contributed by atoms with Crippen LogP contribution >= 0.6 is 35.2 Å². The number of para-hydroxylation sites is 1. The van der Waals surface area contributed by atoms with Gasteiger partial charge in [-0.25, -0.2) is 0 Å². The summed E-state index contributed by atoms with van der Waals surface area (Å²) in [7, 11) is 0. The third kappa shape index (κ3) is 3.23. The highest BCUT2D eigenvalue weighted by atomic mass is 35.5. The smallest absolute Gasteiger partial charge is 0.171 e. The summed E-state index contributed by atoms with van der Waals surface area (Å²) in [4.78, 5) is 1.36. The van der Waals surface area contributed by atoms with Gasteiger partial charge in [0.25, 0.3) is 0 Å². The van der Waals surface area contributed by atoms with Gasteiger partial charge in [0.15, 0.2) is 5.11 Å². The van der Waals surface area contributed by atoms with E-state index in [4.69, 9.17) is 23.8 Å². The summed E-state index contributed by atoms with van der Waals surface area (Å²) in [5.41, 5.74) is 0.829. The highest BCUT2D eigenvalue weighted by molar-refractivity contribution is 7.80. The van der Waals surface area contributed by atoms with Crippen LogP contribution in [0.4, 0.5) is 5.69 Å². The van der Waals surface area contributed by atoms with Crippen molar-refractivity contribution in [3.8, 4) is 0 Å². The molecule has 3 rings (SSSR count). The average Bonchev–Trinajstić information content (AvgIpc) is 3.12. The van der Waals surface area contributed by atoms with Crippen molar-refractivity contribution in [2.24, 2.45) is 0 Å². The largest absolute Gasteiger partial charge is 0.352 e. The Kier molecular flexibility index (Phi) is 4.48. The molecule has 2 N–H and O–H groups in total. The zero-order chi connectivity index (χ0) is 14.7. The van der Waals surface area contributed by atoms with E-state index in [9.17, 15) is 0 Å². The number of thiocarbonyl (C=S) groups is 1. The molecule has 0 spiro atoms. The van der Waals surface area contributed by atoms with Crippen molar-refractivity contribution in [1.29, 1.82) is 0 Å². The molecule has 1 saturated carbocycles. The molecule has 1 aliphatic carbocycles. The quantitative estimate of drug-likeness (QED) is 0.757. The van der Waals surface area contributed by atoms with Crippen molar-refractivity contribution in [1.82, 2.24) is 5.32 Å². The second-order valence-electron chi connectivity index (χ2n) is 5.33. The van der Waals surface area contributed by atoms with Gasteiger partial charge in [-0.3, -0.25) is 0 Å². The van der Waals surface area contributed by atoms with Crippen molar-refractivity contribution >= 4 is 46.0 Å². The Bertz CT molecular complexity index is 619. The first-order valence-corrected chi connectivity index (χ1v) is 8.74. The topological polar surface area (TPSA) is 24.1 Å². The van der Waals surface area contributed by atoms with E-state index >= 15 is 0 Å². The number of anilines is 1. The summed E-state index contributed by atoms with van der Waals surface area (Å²) < 4.78 is 0. The predicted octanol–water partition coefficient (Wildman–Crippen LogP) is 5.16. The van der Waals surface area contributed by atoms with Crippen molar-refractivity contribution in [2.75, 3.05) is 5.32 Å². The Morgan fingerprint density at radius 2 is 1.90 bits per heavy atom. The number of halogens is 1. The monoisotopic (exact) mass is 336 g/mol. The van der Waals surface area contributed by atoms with E-state index in [0.29, 0.717) is 10.1 Å². The standard InChI is InChI=1S/C16H17ClN2S2/c17-12-6-1-2-7-13(12)18-15(20)19-16(9-3-4-10-16)14-8-5-11-21-14/h1-2,5-8,11H,3-4,9-10H2,(H2,18,19,20). The van der Waals surface area contributed by atoms with E-state index in [1.807, 2.05) is 24.3 Å². The van der Waals surface area contributed by atoms with E-state index < -0.39 is 0 Å². The number of thiophene rings is 1. The lowest BCUT2D eigenvalue weighted by Crippen LogP contribution is -2.45. The minimum Gasteiger partial charge on any atom is -0.352 e. The van der Waals surface area contributed by atoms with Crippen LogP contribution in [0.5, 0.6) is 0 Å². The fourth-order valence-electron chi connectivity index (χ4n) is 2.90. The third-order valence-electron chi connectivity index (χ3n) is 3.92. The van der Waals surface area contributed by atoms with Gasteiger partial charge < -0.3 is 10.6 Å². The number of hydrogen-bond donors (Lipinski definition) is 2. The lowest BCUT2D eigenvalue weighted by Gasteiger charge is -2.31. The van der Waals surface area contributed by atoms with E-state index in [1.165, 1.54) is 17.7 Å². The normalized spacial score (nSPS) is 16.6. The molecule has 2 aromatic rings. The van der Waals surface area contributed by atoms with Gasteiger partial charge in [0.1, 0.15) is 0 Å². The van der Waals surface area contributed by atoms with Crippen LogP contribution in [-0.4, -0.2) is 5.11 Å². The van der Waals surface area contributed by atoms with E-state index in [1.54, 1.807) is 11.3 Å². The van der Waals surface area contributed by atoms with Crippen LogP contribution < -0.4 is 10.6 Å². The molecule has 110 valence electrons. The number of nitrogens with one attached hydrogen (secondary N) is 2. The fraction of sp³-hybridized carbons (Fsp3) is 0.312. The van der Waals surface area contributed by atoms with Crippen molar-refractivity contribution in [3.63, 3.8) is 0 Å². The Balaban J connectivity index is 1.75. The minimum absolute atomic E-state index is 0.0144. The van der Waals surface area contributed by atoms with E-state index in [2.05, 4.69) is 28.1 Å². The van der Waals surface area contributed by atoms with Crippen molar-refractivity contribution in [3.05, 3.63) is 51.7 Å². The van der Waals surface area contributed by atoms with Crippen LogP contribution in [-0.2, 0) is 5.54 Å². The SMILES string of the molecule is S=C(Nc1ccccc1Cl)NC1(c2cccs2)CCCC1. The molecule has 1 aromatic heterocycles. The molecule has 0 radical (unpaired) electrons. The number of hydrogen-bond acceptors (Lipinski definition) is 2. The second kappa shape index (κ2) is 6.34. The molecule has 5 heteroatoms. The molecule has 0 bridgehead atoms. The average molecular weight is 337 g/mol. The van der Waals surface area contributed by atoms with Crippen LogP contribution in [0, 0.1) is 0 Å². The van der Waals surface area contributed by atoms with Crippen LogP contribution in [0.15, 0.2) is 41.8 Å². The summed E-state index contributed by atoms with van der Waals surface area (Å²) in [5.74, 6) is 0. The van der Waals surface area contributed by atoms with Gasteiger partial charge in [-0.05, 0) is 48.6 Å². The molecule has 1 aromatic carbocycles. The molecule has 0 amide bonds. The number of benzene rings is 1. The van der Waals surface area contributed by atoms with Crippen LogP contribution in [0.25, 0.3) is 0 Å². The minimum atomic E-state index is -0.0144. The molecule has 2 nitrogen and oxygen atoms in total. The summed E-state index contributed by atoms with van der Waals surface area (Å²) in [5, 5.41) is 10.2. The summed E-state index contributed by atoms with van der Waals surface area (Å²) in [6, 6.07) is 11.9. The molecule has 0 atom stereocenters. The molecule has 0 saturated heterocycles. The Morgan fingerprint density at radius 3 is 2.57 bits per heavy atom. The first-order chi connectivity index (χ1) is 10.2. The maximum Gasteiger partial charge on any atom is 0.171 e. The van der Waals surface area contributed by atoms with E-state index in [0.717, 1.165) is 18.5 Å². The highest BCUT2D eigenvalue weighted by Gasteiger charge is 2.37. The van der Waals surface area contributed by atoms with Crippen LogP contribution in [0.2, 0.25) is 5.02 Å². The van der Waals surface area contributed by atoms with Gasteiger partial charge in [0.05, 0.1) is 16.2 Å². The molecule has 21 heavy (non-hydrogen) atoms. The van der Waals surface area contributed by atoms with Gasteiger partial charge in [-0.2, -0.15) is 0 Å². The van der Waals surface area contributed by atoms with Crippen LogP contribution in [0.1, 0.15) is 30.6 Å². The van der Waals surface area contributed by atoms with Gasteiger partial charge >= 0.3 is 0 Å². The van der Waals surface area contributed by atoms with Gasteiger partial charge in [0, 0.05) is 4.88 Å². The first kappa shape index (κ1) is 14.8. The predicted molar refractivity (Wildman–Crippen MR) is 95.3 cm³/mol. The maximum absolute atomic E-state index is 6.17. The van der Waals surface area contributed by atoms with Crippen molar-refractivity contribution in [2.45, 2.75) is 31.2 Å². The van der Waals surface area contributed by atoms with Gasteiger partial charge in [-0.1, -0.05) is 42.6 Å². The second-order valence-corrected chi connectivity index (χ2v) is 7.09. The molecule has 0 unspecified atom stereocenters. The van der Waals surface area contributed by atoms with E-state index in [-0.39, 0.29) is 5.54 Å². The summed E-state index contributed by atoms with van der Waals surface area (Å²) in [6.45, 7) is 0. The first-order valence-electron chi connectivity index (χ1n) is 7.07. The number of rotatable bonds is 3. The molecule has 1 heterocycles.